The third-order valence-corrected chi connectivity index (χ3v) is 4.19. The zero-order chi connectivity index (χ0) is 17.1. The molecule has 2 aromatic rings. The molecule has 24 heavy (non-hydrogen) atoms. The summed E-state index contributed by atoms with van der Waals surface area (Å²) in [4.78, 5) is 24.8. The second kappa shape index (κ2) is 6.70. The molecule has 0 radical (unpaired) electrons. The number of nitrogens with one attached hydrogen (secondary N) is 1. The monoisotopic (exact) mass is 325 g/mol. The molecular formula is C18H19N3O3. The van der Waals surface area contributed by atoms with Gasteiger partial charge in [-0.3, -0.25) is 14.9 Å². The molecule has 1 aliphatic heterocycles. The number of fused-ring (bicyclic) bond motifs is 1. The van der Waals surface area contributed by atoms with E-state index in [1.54, 1.807) is 12.1 Å². The first kappa shape index (κ1) is 16.0. The van der Waals surface area contributed by atoms with Gasteiger partial charge >= 0.3 is 0 Å². The summed E-state index contributed by atoms with van der Waals surface area (Å²) in [7, 11) is 0. The number of nitro benzene ring substituents is 1. The molecule has 1 atom stereocenters. The Bertz CT molecular complexity index is 758. The number of benzene rings is 2. The Hall–Kier alpha value is -2.89. The van der Waals surface area contributed by atoms with E-state index < -0.39 is 4.92 Å². The Balaban J connectivity index is 1.88. The lowest BCUT2D eigenvalue weighted by atomic mass is 10.1. The molecule has 0 saturated heterocycles. The van der Waals surface area contributed by atoms with Gasteiger partial charge in [0.05, 0.1) is 4.92 Å². The van der Waals surface area contributed by atoms with Gasteiger partial charge in [-0.15, -0.1) is 0 Å². The standard InChI is InChI=1S/C18H19N3O3/c1-2-3-12-20-17(15-6-4-5-7-16(15)18(20)22)19-13-8-10-14(11-9-13)21(23)24/h4-11,17,19H,2-3,12H2,1H3/t17-/m1/s1. The van der Waals surface area contributed by atoms with Crippen LogP contribution in [0.5, 0.6) is 0 Å². The Labute approximate surface area is 140 Å². The van der Waals surface area contributed by atoms with E-state index in [4.69, 9.17) is 0 Å². The van der Waals surface area contributed by atoms with Gasteiger partial charge in [0.2, 0.25) is 0 Å². The summed E-state index contributed by atoms with van der Waals surface area (Å²) in [6, 6.07) is 13.8. The van der Waals surface area contributed by atoms with E-state index >= 15 is 0 Å². The van der Waals surface area contributed by atoms with Crippen molar-refractivity contribution in [2.45, 2.75) is 25.9 Å². The van der Waals surface area contributed by atoms with Crippen LogP contribution in [0.25, 0.3) is 0 Å². The lowest BCUT2D eigenvalue weighted by molar-refractivity contribution is -0.384. The van der Waals surface area contributed by atoms with Gasteiger partial charge in [-0.1, -0.05) is 31.5 Å². The molecule has 1 amide bonds. The molecule has 0 aromatic heterocycles. The zero-order valence-electron chi connectivity index (χ0n) is 13.4. The average Bonchev–Trinajstić information content (AvgIpc) is 2.86. The number of nitro groups is 1. The molecule has 0 fully saturated rings. The van der Waals surface area contributed by atoms with Gasteiger partial charge in [0, 0.05) is 35.5 Å². The number of anilines is 1. The van der Waals surface area contributed by atoms with Gasteiger partial charge in [-0.2, -0.15) is 0 Å². The average molecular weight is 325 g/mol. The van der Waals surface area contributed by atoms with E-state index in [2.05, 4.69) is 12.2 Å². The number of hydrogen-bond donors (Lipinski definition) is 1. The molecule has 0 unspecified atom stereocenters. The van der Waals surface area contributed by atoms with Crippen molar-refractivity contribution in [2.24, 2.45) is 0 Å². The Kier molecular flexibility index (Phi) is 4.46. The molecule has 6 heteroatoms. The summed E-state index contributed by atoms with van der Waals surface area (Å²) in [5.41, 5.74) is 2.45. The molecule has 1 aliphatic rings. The molecule has 3 rings (SSSR count). The minimum absolute atomic E-state index is 0.0264. The van der Waals surface area contributed by atoms with Crippen molar-refractivity contribution in [3.8, 4) is 0 Å². The Morgan fingerprint density at radius 3 is 2.54 bits per heavy atom. The number of nitrogens with zero attached hydrogens (tertiary/aromatic N) is 2. The first-order valence-electron chi connectivity index (χ1n) is 8.02. The van der Waals surface area contributed by atoms with Crippen LogP contribution in [0.15, 0.2) is 48.5 Å². The third kappa shape index (κ3) is 2.95. The van der Waals surface area contributed by atoms with Crippen LogP contribution in [0.2, 0.25) is 0 Å². The van der Waals surface area contributed by atoms with Gasteiger partial charge in [-0.05, 0) is 24.6 Å². The van der Waals surface area contributed by atoms with Crippen molar-refractivity contribution < 1.29 is 9.72 Å². The van der Waals surface area contributed by atoms with Crippen molar-refractivity contribution in [1.29, 1.82) is 0 Å². The summed E-state index contributed by atoms with van der Waals surface area (Å²) < 4.78 is 0. The summed E-state index contributed by atoms with van der Waals surface area (Å²) in [5.74, 6) is 0.0264. The van der Waals surface area contributed by atoms with Gasteiger partial charge < -0.3 is 10.2 Å². The summed E-state index contributed by atoms with van der Waals surface area (Å²) in [6.07, 6.45) is 1.68. The highest BCUT2D eigenvalue weighted by Crippen LogP contribution is 2.34. The lowest BCUT2D eigenvalue weighted by Gasteiger charge is -2.27. The SMILES string of the molecule is CCCCN1C(=O)c2ccccc2[C@@H]1Nc1ccc([N+](=O)[O-])cc1. The number of carbonyl (C=O) groups is 1. The first-order chi connectivity index (χ1) is 11.6. The molecule has 2 aromatic carbocycles. The highest BCUT2D eigenvalue weighted by atomic mass is 16.6. The van der Waals surface area contributed by atoms with E-state index in [1.807, 2.05) is 29.2 Å². The third-order valence-electron chi connectivity index (χ3n) is 4.19. The molecule has 6 nitrogen and oxygen atoms in total. The largest absolute Gasteiger partial charge is 0.361 e. The fourth-order valence-corrected chi connectivity index (χ4v) is 2.92. The molecular weight excluding hydrogens is 306 g/mol. The van der Waals surface area contributed by atoms with E-state index in [0.717, 1.165) is 24.1 Å². The molecule has 1 N–H and O–H groups in total. The molecule has 0 aliphatic carbocycles. The van der Waals surface area contributed by atoms with Gasteiger partial charge in [-0.25, -0.2) is 0 Å². The topological polar surface area (TPSA) is 75.5 Å². The van der Waals surface area contributed by atoms with Gasteiger partial charge in [0.15, 0.2) is 0 Å². The van der Waals surface area contributed by atoms with Crippen molar-refractivity contribution in [3.05, 3.63) is 69.8 Å². The van der Waals surface area contributed by atoms with Crippen molar-refractivity contribution >= 4 is 17.3 Å². The van der Waals surface area contributed by atoms with E-state index in [-0.39, 0.29) is 17.8 Å². The first-order valence-corrected chi connectivity index (χ1v) is 8.02. The highest BCUT2D eigenvalue weighted by molar-refractivity contribution is 5.99. The van der Waals surface area contributed by atoms with Crippen molar-refractivity contribution in [1.82, 2.24) is 4.90 Å². The number of rotatable bonds is 6. The smallest absolute Gasteiger partial charge is 0.269 e. The predicted molar refractivity (Wildman–Crippen MR) is 91.8 cm³/mol. The second-order valence-corrected chi connectivity index (χ2v) is 5.79. The number of unbranched alkanes of at least 4 members (excludes halogenated alkanes) is 1. The number of hydrogen-bond acceptors (Lipinski definition) is 4. The fraction of sp³-hybridized carbons (Fsp3) is 0.278. The van der Waals surface area contributed by atoms with Crippen molar-refractivity contribution in [2.75, 3.05) is 11.9 Å². The van der Waals surface area contributed by atoms with Gasteiger partial charge in [0.25, 0.3) is 11.6 Å². The van der Waals surface area contributed by atoms with Gasteiger partial charge in [0.1, 0.15) is 6.17 Å². The van der Waals surface area contributed by atoms with E-state index in [0.29, 0.717) is 12.1 Å². The molecule has 0 saturated carbocycles. The number of amides is 1. The minimum Gasteiger partial charge on any atom is -0.361 e. The Morgan fingerprint density at radius 2 is 1.88 bits per heavy atom. The number of non-ortho nitro benzene ring substituents is 1. The van der Waals surface area contributed by atoms with Crippen LogP contribution in [0.1, 0.15) is 41.9 Å². The second-order valence-electron chi connectivity index (χ2n) is 5.79. The highest BCUT2D eigenvalue weighted by Gasteiger charge is 2.35. The molecule has 124 valence electrons. The van der Waals surface area contributed by atoms with Crippen LogP contribution in [-0.4, -0.2) is 22.3 Å². The van der Waals surface area contributed by atoms with Crippen LogP contribution in [-0.2, 0) is 0 Å². The normalized spacial score (nSPS) is 16.1. The van der Waals surface area contributed by atoms with Crippen LogP contribution in [0.3, 0.4) is 0 Å². The maximum absolute atomic E-state index is 12.6. The Morgan fingerprint density at radius 1 is 1.17 bits per heavy atom. The fourth-order valence-electron chi connectivity index (χ4n) is 2.92. The molecule has 1 heterocycles. The molecule has 0 bridgehead atoms. The maximum Gasteiger partial charge on any atom is 0.269 e. The summed E-state index contributed by atoms with van der Waals surface area (Å²) >= 11 is 0. The predicted octanol–water partition coefficient (Wildman–Crippen LogP) is 3.96. The zero-order valence-corrected chi connectivity index (χ0v) is 13.4. The van der Waals surface area contributed by atoms with E-state index in [1.165, 1.54) is 12.1 Å². The van der Waals surface area contributed by atoms with Crippen LogP contribution in [0.4, 0.5) is 11.4 Å². The lowest BCUT2D eigenvalue weighted by Crippen LogP contribution is -2.33. The number of carbonyl (C=O) groups excluding carboxylic acids is 1. The minimum atomic E-state index is -0.425. The van der Waals surface area contributed by atoms with Crippen LogP contribution in [0, 0.1) is 10.1 Å². The summed E-state index contributed by atoms with van der Waals surface area (Å²) in [5, 5.41) is 14.1. The molecule has 0 spiro atoms. The van der Waals surface area contributed by atoms with Crippen LogP contribution < -0.4 is 5.32 Å². The quantitative estimate of drug-likeness (QED) is 0.644. The maximum atomic E-state index is 12.6. The van der Waals surface area contributed by atoms with Crippen molar-refractivity contribution in [3.63, 3.8) is 0 Å². The van der Waals surface area contributed by atoms with Crippen LogP contribution >= 0.6 is 0 Å². The van der Waals surface area contributed by atoms with E-state index in [9.17, 15) is 14.9 Å². The summed E-state index contributed by atoms with van der Waals surface area (Å²) in [6.45, 7) is 2.76.